The summed E-state index contributed by atoms with van der Waals surface area (Å²) >= 11 is 0. The molecule has 1 atom stereocenters. The highest BCUT2D eigenvalue weighted by Crippen LogP contribution is 2.30. The maximum Gasteiger partial charge on any atom is 0.325 e. The predicted molar refractivity (Wildman–Crippen MR) is 52.0 cm³/mol. The number of rotatable bonds is 3. The Morgan fingerprint density at radius 2 is 2.40 bits per heavy atom. The van der Waals surface area contributed by atoms with Crippen LogP contribution in [0.2, 0.25) is 0 Å². The van der Waals surface area contributed by atoms with Crippen molar-refractivity contribution in [3.63, 3.8) is 0 Å². The quantitative estimate of drug-likeness (QED) is 0.234. The summed E-state index contributed by atoms with van der Waals surface area (Å²) in [6.07, 6.45) is 1.97. The average molecular weight is 211 g/mol. The SMILES string of the molecule is CCOC(=O)C1(N=[N+]=[N-])CCCCC1=O. The highest BCUT2D eigenvalue weighted by molar-refractivity contribution is 6.09. The maximum absolute atomic E-state index is 11.7. The first-order chi connectivity index (χ1) is 7.17. The Balaban J connectivity index is 3.00. The van der Waals surface area contributed by atoms with Crippen LogP contribution in [-0.2, 0) is 14.3 Å². The van der Waals surface area contributed by atoms with Crippen molar-refractivity contribution in [1.29, 1.82) is 0 Å². The van der Waals surface area contributed by atoms with Gasteiger partial charge in [-0.3, -0.25) is 9.59 Å². The molecule has 0 spiro atoms. The van der Waals surface area contributed by atoms with Crippen molar-refractivity contribution < 1.29 is 14.3 Å². The molecule has 0 heterocycles. The normalized spacial score (nSPS) is 25.5. The van der Waals surface area contributed by atoms with Gasteiger partial charge in [-0.2, -0.15) is 0 Å². The molecule has 0 saturated heterocycles. The van der Waals surface area contributed by atoms with Crippen molar-refractivity contribution in [2.45, 2.75) is 38.1 Å². The van der Waals surface area contributed by atoms with Crippen LogP contribution in [0.1, 0.15) is 32.6 Å². The van der Waals surface area contributed by atoms with Gasteiger partial charge in [0.15, 0.2) is 5.78 Å². The van der Waals surface area contributed by atoms with Crippen LogP contribution in [0, 0.1) is 0 Å². The van der Waals surface area contributed by atoms with Gasteiger partial charge in [0, 0.05) is 11.3 Å². The number of hydrogen-bond donors (Lipinski definition) is 0. The number of esters is 1. The number of ether oxygens (including phenoxy) is 1. The molecule has 1 rings (SSSR count). The van der Waals surface area contributed by atoms with E-state index < -0.39 is 11.5 Å². The van der Waals surface area contributed by atoms with E-state index in [0.717, 1.165) is 6.42 Å². The Hall–Kier alpha value is -1.55. The van der Waals surface area contributed by atoms with Gasteiger partial charge in [-0.15, -0.1) is 0 Å². The number of nitrogens with zero attached hydrogens (tertiary/aromatic N) is 3. The fourth-order valence-electron chi connectivity index (χ4n) is 1.70. The fourth-order valence-corrected chi connectivity index (χ4v) is 1.70. The largest absolute Gasteiger partial charge is 0.465 e. The minimum Gasteiger partial charge on any atom is -0.465 e. The summed E-state index contributed by atoms with van der Waals surface area (Å²) in [6, 6.07) is 0. The van der Waals surface area contributed by atoms with Gasteiger partial charge in [-0.25, -0.2) is 0 Å². The number of hydrogen-bond acceptors (Lipinski definition) is 4. The lowest BCUT2D eigenvalue weighted by Crippen LogP contribution is -2.47. The van der Waals surface area contributed by atoms with Crippen LogP contribution >= 0.6 is 0 Å². The zero-order valence-corrected chi connectivity index (χ0v) is 8.60. The zero-order chi connectivity index (χ0) is 11.3. The molecule has 1 saturated carbocycles. The second kappa shape index (κ2) is 4.79. The van der Waals surface area contributed by atoms with Crippen LogP contribution in [0.4, 0.5) is 0 Å². The van der Waals surface area contributed by atoms with Gasteiger partial charge in [-0.05, 0) is 25.3 Å². The molecule has 0 bridgehead atoms. The van der Waals surface area contributed by atoms with Gasteiger partial charge in [0.25, 0.3) is 0 Å². The lowest BCUT2D eigenvalue weighted by atomic mass is 9.81. The molecule has 0 aliphatic heterocycles. The number of carbonyl (C=O) groups excluding carboxylic acids is 2. The summed E-state index contributed by atoms with van der Waals surface area (Å²) in [5.74, 6) is -1.04. The Bertz CT molecular complexity index is 323. The highest BCUT2D eigenvalue weighted by Gasteiger charge is 2.47. The molecule has 0 aromatic carbocycles. The van der Waals surface area contributed by atoms with E-state index in [-0.39, 0.29) is 25.2 Å². The van der Waals surface area contributed by atoms with Crippen LogP contribution in [0.3, 0.4) is 0 Å². The monoisotopic (exact) mass is 211 g/mol. The molecule has 1 unspecified atom stereocenters. The van der Waals surface area contributed by atoms with Gasteiger partial charge in [0.1, 0.15) is 0 Å². The van der Waals surface area contributed by atoms with Gasteiger partial charge in [-0.1, -0.05) is 11.5 Å². The lowest BCUT2D eigenvalue weighted by Gasteiger charge is -2.28. The van der Waals surface area contributed by atoms with Crippen molar-refractivity contribution in [2.24, 2.45) is 5.11 Å². The van der Waals surface area contributed by atoms with E-state index in [2.05, 4.69) is 10.0 Å². The summed E-state index contributed by atoms with van der Waals surface area (Å²) in [6.45, 7) is 1.82. The molecule has 1 aliphatic rings. The van der Waals surface area contributed by atoms with E-state index in [1.54, 1.807) is 6.92 Å². The Labute approximate surface area is 87.2 Å². The molecule has 1 aliphatic carbocycles. The van der Waals surface area contributed by atoms with E-state index in [4.69, 9.17) is 10.3 Å². The number of carbonyl (C=O) groups is 2. The van der Waals surface area contributed by atoms with Crippen LogP contribution in [0.25, 0.3) is 10.4 Å². The first-order valence-corrected chi connectivity index (χ1v) is 4.94. The maximum atomic E-state index is 11.7. The smallest absolute Gasteiger partial charge is 0.325 e. The fraction of sp³-hybridized carbons (Fsp3) is 0.778. The number of ketones is 1. The Morgan fingerprint density at radius 1 is 1.67 bits per heavy atom. The third-order valence-corrected chi connectivity index (χ3v) is 2.48. The van der Waals surface area contributed by atoms with Crippen LogP contribution in [0.15, 0.2) is 5.11 Å². The van der Waals surface area contributed by atoms with Crippen LogP contribution < -0.4 is 0 Å². The molecule has 82 valence electrons. The third kappa shape index (κ3) is 2.10. The summed E-state index contributed by atoms with van der Waals surface area (Å²) in [5.41, 5.74) is 6.82. The van der Waals surface area contributed by atoms with E-state index in [0.29, 0.717) is 6.42 Å². The first-order valence-electron chi connectivity index (χ1n) is 4.94. The molecule has 0 amide bonds. The van der Waals surface area contributed by atoms with Gasteiger partial charge in [0.2, 0.25) is 5.54 Å². The van der Waals surface area contributed by atoms with Crippen molar-refractivity contribution in [3.8, 4) is 0 Å². The predicted octanol–water partition coefficient (Wildman–Crippen LogP) is 1.74. The van der Waals surface area contributed by atoms with Crippen LogP contribution in [-0.4, -0.2) is 23.9 Å². The summed E-state index contributed by atoms with van der Waals surface area (Å²) < 4.78 is 4.78. The molecule has 6 nitrogen and oxygen atoms in total. The summed E-state index contributed by atoms with van der Waals surface area (Å²) in [5, 5.41) is 3.37. The molecular weight excluding hydrogens is 198 g/mol. The van der Waals surface area contributed by atoms with Crippen molar-refractivity contribution in [2.75, 3.05) is 6.61 Å². The number of azide groups is 1. The lowest BCUT2D eigenvalue weighted by molar-refractivity contribution is -0.154. The zero-order valence-electron chi connectivity index (χ0n) is 8.60. The average Bonchev–Trinajstić information content (AvgIpc) is 2.22. The standard InChI is InChI=1S/C9H13N3O3/c1-2-15-8(14)9(11-12-10)6-4-3-5-7(9)13/h2-6H2,1H3. The highest BCUT2D eigenvalue weighted by atomic mass is 16.5. The molecule has 15 heavy (non-hydrogen) atoms. The topological polar surface area (TPSA) is 92.1 Å². The molecule has 0 aromatic heterocycles. The molecular formula is C9H13N3O3. The van der Waals surface area contributed by atoms with Gasteiger partial charge >= 0.3 is 5.97 Å². The van der Waals surface area contributed by atoms with E-state index in [9.17, 15) is 9.59 Å². The molecule has 0 radical (unpaired) electrons. The molecule has 0 N–H and O–H groups in total. The summed E-state index contributed by atoms with van der Waals surface area (Å²) in [4.78, 5) is 25.9. The van der Waals surface area contributed by atoms with Gasteiger partial charge < -0.3 is 4.74 Å². The first kappa shape index (κ1) is 11.5. The van der Waals surface area contributed by atoms with Crippen molar-refractivity contribution in [1.82, 2.24) is 0 Å². The Morgan fingerprint density at radius 3 is 2.93 bits per heavy atom. The van der Waals surface area contributed by atoms with Crippen molar-refractivity contribution in [3.05, 3.63) is 10.4 Å². The second-order valence-electron chi connectivity index (χ2n) is 3.40. The number of Topliss-reactive ketones (excluding diaryl/α,β-unsaturated/α-hetero) is 1. The van der Waals surface area contributed by atoms with E-state index >= 15 is 0 Å². The molecule has 0 aromatic rings. The second-order valence-corrected chi connectivity index (χ2v) is 3.40. The van der Waals surface area contributed by atoms with Gasteiger partial charge in [0.05, 0.1) is 6.61 Å². The minimum absolute atomic E-state index is 0.175. The minimum atomic E-state index is -1.59. The van der Waals surface area contributed by atoms with Crippen molar-refractivity contribution >= 4 is 11.8 Å². The Kier molecular flexibility index (Phi) is 3.68. The summed E-state index contributed by atoms with van der Waals surface area (Å²) in [7, 11) is 0. The van der Waals surface area contributed by atoms with E-state index in [1.165, 1.54) is 0 Å². The third-order valence-electron chi connectivity index (χ3n) is 2.48. The molecule has 1 fully saturated rings. The molecule has 6 heteroatoms. The van der Waals surface area contributed by atoms with E-state index in [1.807, 2.05) is 0 Å². The van der Waals surface area contributed by atoms with Crippen LogP contribution in [0.5, 0.6) is 0 Å².